The number of rotatable bonds is 4. The smallest absolute Gasteiger partial charge is 0.872 e. The summed E-state index contributed by atoms with van der Waals surface area (Å²) in [7, 11) is 0. The van der Waals surface area contributed by atoms with Crippen LogP contribution in [0.2, 0.25) is 0 Å². The monoisotopic (exact) mass is 655 g/mol. The number of nitrogens with zero attached hydrogens (tertiary/aromatic N) is 2. The average molecular weight is 656 g/mol. The van der Waals surface area contributed by atoms with Gasteiger partial charge in [-0.3, -0.25) is 9.98 Å². The van der Waals surface area contributed by atoms with Crippen LogP contribution in [-0.4, -0.2) is 12.4 Å². The molecule has 0 N–H and O–H groups in total. The largest absolute Gasteiger partial charge is 2.00 e. The summed E-state index contributed by atoms with van der Waals surface area (Å²) in [5, 5.41) is 33.0. The molecule has 229 valence electrons. The molecule has 0 aliphatic heterocycles. The van der Waals surface area contributed by atoms with Crippen LogP contribution in [0.1, 0.15) is 11.1 Å². The fraction of sp³-hybridized carbons (Fsp3) is 0. The van der Waals surface area contributed by atoms with Crippen molar-refractivity contribution in [3.63, 3.8) is 0 Å². The van der Waals surface area contributed by atoms with E-state index in [1.807, 2.05) is 121 Å². The third-order valence-electron chi connectivity index (χ3n) is 8.01. The minimum atomic E-state index is -0.00626. The fourth-order valence-corrected chi connectivity index (χ4v) is 5.61. The number of fused-ring (bicyclic) bond motifs is 4. The molecular formula is C42H28CuN2O2. The summed E-state index contributed by atoms with van der Waals surface area (Å²) in [6.07, 6.45) is 3.35. The molecule has 0 fully saturated rings. The summed E-state index contributed by atoms with van der Waals surface area (Å²) < 4.78 is 0. The molecule has 8 rings (SSSR count). The minimum absolute atomic E-state index is 0. The molecule has 0 aromatic heterocycles. The topological polar surface area (TPSA) is 70.8 Å². The summed E-state index contributed by atoms with van der Waals surface area (Å²) in [4.78, 5) is 9.03. The maximum atomic E-state index is 12.2. The van der Waals surface area contributed by atoms with Gasteiger partial charge in [-0.2, -0.15) is 0 Å². The maximum absolute atomic E-state index is 12.2. The quantitative estimate of drug-likeness (QED) is 0.140. The molecule has 8 aromatic carbocycles. The average Bonchev–Trinajstić information content (AvgIpc) is 3.11. The first-order valence-electron chi connectivity index (χ1n) is 15.1. The Morgan fingerprint density at radius 2 is 0.702 bits per heavy atom. The van der Waals surface area contributed by atoms with Crippen LogP contribution in [0, 0.1) is 0 Å². The van der Waals surface area contributed by atoms with Gasteiger partial charge in [0.1, 0.15) is 0 Å². The van der Waals surface area contributed by atoms with Crippen LogP contribution in [0.4, 0.5) is 11.4 Å². The van der Waals surface area contributed by atoms with Gasteiger partial charge in [0.2, 0.25) is 0 Å². The van der Waals surface area contributed by atoms with Gasteiger partial charge in [-0.1, -0.05) is 145 Å². The standard InChI is InChI=1S/2C21H15NO.Cu/c2*23-21-12-10-16-6-3-4-8-19(16)20(21)14-22-18-11-9-15-5-1-2-7-17(15)13-18;/h2*1-14,23H;/q;;+2/p-2. The van der Waals surface area contributed by atoms with Crippen molar-refractivity contribution in [2.45, 2.75) is 0 Å². The molecule has 4 nitrogen and oxygen atoms in total. The third-order valence-corrected chi connectivity index (χ3v) is 8.01. The van der Waals surface area contributed by atoms with E-state index in [0.29, 0.717) is 11.1 Å². The van der Waals surface area contributed by atoms with Gasteiger partial charge in [-0.15, -0.1) is 0 Å². The molecule has 0 aliphatic rings. The SMILES string of the molecule is [Cu+2].[O-]c1ccc2ccccc2c1C=Nc1ccc2ccccc2c1.[O-]c1ccc2ccccc2c1C=Nc1ccc2ccccc2c1. The van der Waals surface area contributed by atoms with Gasteiger partial charge in [0.15, 0.2) is 0 Å². The van der Waals surface area contributed by atoms with Gasteiger partial charge in [-0.25, -0.2) is 0 Å². The van der Waals surface area contributed by atoms with Gasteiger partial charge in [0.05, 0.1) is 11.4 Å². The number of aliphatic imine (C=N–C) groups is 2. The molecule has 0 amide bonds. The first-order valence-corrected chi connectivity index (χ1v) is 15.1. The van der Waals surface area contributed by atoms with Crippen LogP contribution < -0.4 is 10.2 Å². The summed E-state index contributed by atoms with van der Waals surface area (Å²) in [5.74, 6) is -0.0125. The van der Waals surface area contributed by atoms with E-state index in [1.165, 1.54) is 10.8 Å². The molecule has 0 unspecified atom stereocenters. The van der Waals surface area contributed by atoms with E-state index < -0.39 is 0 Å². The Morgan fingerprint density at radius 3 is 1.13 bits per heavy atom. The van der Waals surface area contributed by atoms with Crippen LogP contribution in [0.15, 0.2) is 168 Å². The first-order chi connectivity index (χ1) is 22.6. The van der Waals surface area contributed by atoms with Crippen LogP contribution in [0.25, 0.3) is 43.1 Å². The molecular weight excluding hydrogens is 628 g/mol. The number of hydrogen-bond donors (Lipinski definition) is 0. The molecule has 0 aliphatic carbocycles. The van der Waals surface area contributed by atoms with Crippen molar-refractivity contribution < 1.29 is 27.3 Å². The molecule has 0 atom stereocenters. The molecule has 0 heterocycles. The summed E-state index contributed by atoms with van der Waals surface area (Å²) in [5.41, 5.74) is 2.96. The molecule has 0 saturated heterocycles. The van der Waals surface area contributed by atoms with E-state index in [4.69, 9.17) is 0 Å². The minimum Gasteiger partial charge on any atom is -0.872 e. The molecule has 0 spiro atoms. The van der Waals surface area contributed by atoms with E-state index in [2.05, 4.69) is 34.3 Å². The molecule has 5 heteroatoms. The predicted molar refractivity (Wildman–Crippen MR) is 189 cm³/mol. The van der Waals surface area contributed by atoms with Crippen molar-refractivity contribution in [1.29, 1.82) is 0 Å². The number of hydrogen-bond acceptors (Lipinski definition) is 4. The van der Waals surface area contributed by atoms with E-state index in [9.17, 15) is 10.2 Å². The second kappa shape index (κ2) is 14.1. The Bertz CT molecular complexity index is 2250. The molecule has 0 bridgehead atoms. The zero-order chi connectivity index (χ0) is 31.3. The van der Waals surface area contributed by atoms with Crippen molar-refractivity contribution in [1.82, 2.24) is 0 Å². The van der Waals surface area contributed by atoms with E-state index in [1.54, 1.807) is 24.6 Å². The van der Waals surface area contributed by atoms with Crippen LogP contribution in [0.5, 0.6) is 11.5 Å². The normalized spacial score (nSPS) is 11.2. The predicted octanol–water partition coefficient (Wildman–Crippen LogP) is 9.63. The van der Waals surface area contributed by atoms with Crippen molar-refractivity contribution >= 4 is 66.9 Å². The summed E-state index contributed by atoms with van der Waals surface area (Å²) in [6.45, 7) is 0. The Morgan fingerprint density at radius 1 is 0.362 bits per heavy atom. The van der Waals surface area contributed by atoms with Gasteiger partial charge < -0.3 is 10.2 Å². The van der Waals surface area contributed by atoms with Gasteiger partial charge in [0.25, 0.3) is 0 Å². The van der Waals surface area contributed by atoms with Gasteiger partial charge in [-0.05, 0) is 78.5 Å². The van der Waals surface area contributed by atoms with E-state index in [0.717, 1.165) is 43.7 Å². The molecule has 47 heavy (non-hydrogen) atoms. The Labute approximate surface area is 283 Å². The Kier molecular flexibility index (Phi) is 9.40. The van der Waals surface area contributed by atoms with Crippen LogP contribution >= 0.6 is 0 Å². The zero-order valence-electron chi connectivity index (χ0n) is 25.2. The van der Waals surface area contributed by atoms with Crippen LogP contribution in [0.3, 0.4) is 0 Å². The second-order valence-electron chi connectivity index (χ2n) is 11.0. The molecule has 1 radical (unpaired) electrons. The van der Waals surface area contributed by atoms with Crippen molar-refractivity contribution in [3.8, 4) is 11.5 Å². The number of benzene rings is 8. The van der Waals surface area contributed by atoms with E-state index >= 15 is 0 Å². The van der Waals surface area contributed by atoms with Gasteiger partial charge >= 0.3 is 17.1 Å². The van der Waals surface area contributed by atoms with Crippen molar-refractivity contribution in [2.75, 3.05) is 0 Å². The third kappa shape index (κ3) is 6.92. The molecule has 0 saturated carbocycles. The van der Waals surface area contributed by atoms with Crippen LogP contribution in [-0.2, 0) is 17.1 Å². The Balaban J connectivity index is 0.000000161. The van der Waals surface area contributed by atoms with Gasteiger partial charge in [0, 0.05) is 12.4 Å². The van der Waals surface area contributed by atoms with Crippen molar-refractivity contribution in [2.24, 2.45) is 9.98 Å². The zero-order valence-corrected chi connectivity index (χ0v) is 26.1. The summed E-state index contributed by atoms with van der Waals surface area (Å²) >= 11 is 0. The van der Waals surface area contributed by atoms with Crippen molar-refractivity contribution in [3.05, 3.63) is 169 Å². The summed E-state index contributed by atoms with van der Waals surface area (Å²) in [6, 6.07) is 51.0. The second-order valence-corrected chi connectivity index (χ2v) is 11.0. The Hall–Kier alpha value is -5.74. The maximum Gasteiger partial charge on any atom is 2.00 e. The van der Waals surface area contributed by atoms with E-state index in [-0.39, 0.29) is 28.6 Å². The first kappa shape index (κ1) is 31.3. The fourth-order valence-electron chi connectivity index (χ4n) is 5.61. The molecule has 8 aromatic rings.